The topological polar surface area (TPSA) is 27.7 Å². The second-order valence-electron chi connectivity index (χ2n) is 10.2. The molecule has 0 heterocycles. The molecule has 3 rings (SSSR count). The molecule has 0 aliphatic heterocycles. The molecule has 39 heavy (non-hydrogen) atoms. The summed E-state index contributed by atoms with van der Waals surface area (Å²) in [6.45, 7) is 8.51. The van der Waals surface area contributed by atoms with Gasteiger partial charge in [-0.25, -0.2) is 0 Å². The summed E-state index contributed by atoms with van der Waals surface area (Å²) >= 11 is 0. The highest BCUT2D eigenvalue weighted by Gasteiger charge is 2.38. The van der Waals surface area contributed by atoms with Crippen LogP contribution in [-0.2, 0) is 19.8 Å². The number of hydrogen-bond donors (Lipinski definition) is 0. The molecular formula is C36H48O3. The second-order valence-corrected chi connectivity index (χ2v) is 10.2. The van der Waals surface area contributed by atoms with Gasteiger partial charge in [-0.2, -0.15) is 0 Å². The monoisotopic (exact) mass is 528 g/mol. The van der Waals surface area contributed by atoms with Crippen LogP contribution in [0.3, 0.4) is 0 Å². The molecule has 0 saturated heterocycles. The molecule has 0 radical (unpaired) electrons. The van der Waals surface area contributed by atoms with Crippen LogP contribution in [0.15, 0.2) is 104 Å². The summed E-state index contributed by atoms with van der Waals surface area (Å²) in [6, 6.07) is 31.6. The quantitative estimate of drug-likeness (QED) is 0.0784. The molecule has 0 fully saturated rings. The smallest absolute Gasteiger partial charge is 0.143 e. The molecule has 0 spiro atoms. The lowest BCUT2D eigenvalue weighted by Gasteiger charge is -2.37. The Labute approximate surface area is 237 Å². The van der Waals surface area contributed by atoms with Crippen molar-refractivity contribution in [2.24, 2.45) is 0 Å². The maximum atomic E-state index is 7.03. The lowest BCUT2D eigenvalue weighted by atomic mass is 9.80. The molecular weight excluding hydrogens is 480 g/mol. The van der Waals surface area contributed by atoms with Crippen molar-refractivity contribution in [1.82, 2.24) is 0 Å². The van der Waals surface area contributed by atoms with Gasteiger partial charge in [-0.05, 0) is 42.4 Å². The number of rotatable bonds is 21. The standard InChI is InChI=1S/C36H48O3/c1-3-5-7-9-10-20-28-37-30-35(38-29-21-8-6-4-2)31-39-36(32-22-14-11-15-23-32,33-24-16-12-17-25-33)34-26-18-13-19-27-34/h4,11-19,22-27,35H,2-3,5-10,20-21,28-31H2,1H3. The third kappa shape index (κ3) is 10.1. The molecule has 0 bridgehead atoms. The number of benzene rings is 3. The van der Waals surface area contributed by atoms with Crippen molar-refractivity contribution >= 4 is 0 Å². The lowest BCUT2D eigenvalue weighted by Crippen LogP contribution is -2.37. The van der Waals surface area contributed by atoms with Crippen LogP contribution in [-0.4, -0.2) is 32.5 Å². The molecule has 0 amide bonds. The van der Waals surface area contributed by atoms with Crippen molar-refractivity contribution in [3.8, 4) is 0 Å². The first-order valence-corrected chi connectivity index (χ1v) is 14.9. The second kappa shape index (κ2) is 18.5. The Hall–Kier alpha value is -2.72. The number of unbranched alkanes of at least 4 members (excludes halogenated alkanes) is 7. The average molecular weight is 529 g/mol. The first-order valence-electron chi connectivity index (χ1n) is 14.9. The number of ether oxygens (including phenoxy) is 3. The van der Waals surface area contributed by atoms with E-state index in [0.29, 0.717) is 19.8 Å². The Bertz CT molecular complexity index is 907. The zero-order chi connectivity index (χ0) is 27.4. The zero-order valence-electron chi connectivity index (χ0n) is 23.9. The van der Waals surface area contributed by atoms with E-state index < -0.39 is 5.60 Å². The summed E-state index contributed by atoms with van der Waals surface area (Å²) in [7, 11) is 0. The molecule has 0 aromatic heterocycles. The molecule has 1 unspecified atom stereocenters. The van der Waals surface area contributed by atoms with Gasteiger partial charge in [-0.15, -0.1) is 6.58 Å². The Balaban J connectivity index is 1.76. The van der Waals surface area contributed by atoms with Crippen LogP contribution >= 0.6 is 0 Å². The summed E-state index contributed by atoms with van der Waals surface area (Å²) < 4.78 is 19.5. The third-order valence-electron chi connectivity index (χ3n) is 7.13. The predicted octanol–water partition coefficient (Wildman–Crippen LogP) is 9.11. The van der Waals surface area contributed by atoms with Crippen LogP contribution in [0.4, 0.5) is 0 Å². The van der Waals surface area contributed by atoms with E-state index in [2.05, 4.69) is 104 Å². The molecule has 3 aromatic rings. The van der Waals surface area contributed by atoms with E-state index in [4.69, 9.17) is 14.2 Å². The molecule has 3 nitrogen and oxygen atoms in total. The minimum atomic E-state index is -0.756. The van der Waals surface area contributed by atoms with Crippen molar-refractivity contribution in [1.29, 1.82) is 0 Å². The van der Waals surface area contributed by atoms with Gasteiger partial charge in [0.05, 0.1) is 13.2 Å². The highest BCUT2D eigenvalue weighted by atomic mass is 16.6. The van der Waals surface area contributed by atoms with Crippen LogP contribution in [0.25, 0.3) is 0 Å². The lowest BCUT2D eigenvalue weighted by molar-refractivity contribution is -0.0922. The van der Waals surface area contributed by atoms with E-state index >= 15 is 0 Å². The summed E-state index contributed by atoms with van der Waals surface area (Å²) in [5.74, 6) is 0. The Morgan fingerprint density at radius 3 is 1.69 bits per heavy atom. The molecule has 0 saturated carbocycles. The zero-order valence-corrected chi connectivity index (χ0v) is 23.9. The maximum absolute atomic E-state index is 7.03. The molecule has 0 aliphatic rings. The van der Waals surface area contributed by atoms with Gasteiger partial charge < -0.3 is 14.2 Å². The van der Waals surface area contributed by atoms with Gasteiger partial charge in [0.25, 0.3) is 0 Å². The van der Waals surface area contributed by atoms with Crippen LogP contribution in [0.2, 0.25) is 0 Å². The van der Waals surface area contributed by atoms with Crippen LogP contribution < -0.4 is 0 Å². The minimum Gasteiger partial charge on any atom is -0.379 e. The first kappa shape index (κ1) is 30.8. The summed E-state index contributed by atoms with van der Waals surface area (Å²) in [5.41, 5.74) is 2.54. The third-order valence-corrected chi connectivity index (χ3v) is 7.13. The van der Waals surface area contributed by atoms with Gasteiger partial charge in [0.1, 0.15) is 11.7 Å². The van der Waals surface area contributed by atoms with Gasteiger partial charge >= 0.3 is 0 Å². The van der Waals surface area contributed by atoms with E-state index in [1.807, 2.05) is 6.08 Å². The minimum absolute atomic E-state index is 0.149. The molecule has 210 valence electrons. The van der Waals surface area contributed by atoms with Crippen molar-refractivity contribution in [2.45, 2.75) is 76.4 Å². The maximum Gasteiger partial charge on any atom is 0.143 e. The largest absolute Gasteiger partial charge is 0.379 e. The summed E-state index contributed by atoms with van der Waals surface area (Å²) in [6.07, 6.45) is 12.4. The molecule has 0 aliphatic carbocycles. The Morgan fingerprint density at radius 2 is 1.15 bits per heavy atom. The first-order chi connectivity index (χ1) is 19.3. The Kier molecular flexibility index (Phi) is 14.7. The normalized spacial score (nSPS) is 12.3. The summed E-state index contributed by atoms with van der Waals surface area (Å²) in [4.78, 5) is 0. The summed E-state index contributed by atoms with van der Waals surface area (Å²) in [5, 5.41) is 0. The van der Waals surface area contributed by atoms with Crippen LogP contribution in [0.5, 0.6) is 0 Å². The highest BCUT2D eigenvalue weighted by molar-refractivity contribution is 5.47. The van der Waals surface area contributed by atoms with Crippen LogP contribution in [0.1, 0.15) is 81.4 Å². The fourth-order valence-corrected chi connectivity index (χ4v) is 4.97. The van der Waals surface area contributed by atoms with Gasteiger partial charge in [0.2, 0.25) is 0 Å². The number of allylic oxidation sites excluding steroid dienone is 1. The molecule has 3 aromatic carbocycles. The van der Waals surface area contributed by atoms with E-state index in [1.165, 1.54) is 32.1 Å². The molecule has 0 N–H and O–H groups in total. The number of hydrogen-bond acceptors (Lipinski definition) is 3. The van der Waals surface area contributed by atoms with Gasteiger partial charge in [0, 0.05) is 13.2 Å². The fourth-order valence-electron chi connectivity index (χ4n) is 4.97. The van der Waals surface area contributed by atoms with Gasteiger partial charge in [-0.3, -0.25) is 0 Å². The molecule has 1 atom stereocenters. The van der Waals surface area contributed by atoms with E-state index in [1.54, 1.807) is 0 Å². The SMILES string of the molecule is C=CCCCCOC(COCCCCCCCC)COC(c1ccccc1)(c1ccccc1)c1ccccc1. The van der Waals surface area contributed by atoms with E-state index in [9.17, 15) is 0 Å². The van der Waals surface area contributed by atoms with Gasteiger partial charge in [0.15, 0.2) is 0 Å². The highest BCUT2D eigenvalue weighted by Crippen LogP contribution is 2.40. The fraction of sp³-hybridized carbons (Fsp3) is 0.444. The van der Waals surface area contributed by atoms with Crippen molar-refractivity contribution < 1.29 is 14.2 Å². The van der Waals surface area contributed by atoms with E-state index in [-0.39, 0.29) is 6.10 Å². The molecule has 3 heteroatoms. The van der Waals surface area contributed by atoms with E-state index in [0.717, 1.165) is 49.0 Å². The van der Waals surface area contributed by atoms with Crippen LogP contribution in [0, 0.1) is 0 Å². The Morgan fingerprint density at radius 1 is 0.641 bits per heavy atom. The van der Waals surface area contributed by atoms with Gasteiger partial charge in [-0.1, -0.05) is 136 Å². The predicted molar refractivity (Wildman–Crippen MR) is 163 cm³/mol. The van der Waals surface area contributed by atoms with Crippen molar-refractivity contribution in [2.75, 3.05) is 26.4 Å². The average Bonchev–Trinajstić information content (AvgIpc) is 3.00. The van der Waals surface area contributed by atoms with Crippen molar-refractivity contribution in [3.05, 3.63) is 120 Å². The van der Waals surface area contributed by atoms with Crippen molar-refractivity contribution in [3.63, 3.8) is 0 Å².